The lowest BCUT2D eigenvalue weighted by Crippen LogP contribution is -2.16. The molecule has 1 atom stereocenters. The zero-order chi connectivity index (χ0) is 15.5. The van der Waals surface area contributed by atoms with Crippen molar-refractivity contribution < 1.29 is 13.6 Å². The van der Waals surface area contributed by atoms with Gasteiger partial charge in [0, 0.05) is 10.9 Å². The van der Waals surface area contributed by atoms with E-state index in [0.29, 0.717) is 5.56 Å². The summed E-state index contributed by atoms with van der Waals surface area (Å²) in [5, 5.41) is 1.08. The van der Waals surface area contributed by atoms with Crippen molar-refractivity contribution in [2.45, 2.75) is 19.6 Å². The molecule has 1 heterocycles. The van der Waals surface area contributed by atoms with Crippen molar-refractivity contribution >= 4 is 30.1 Å². The van der Waals surface area contributed by atoms with Crippen LogP contribution in [0.2, 0.25) is 5.15 Å². The molecule has 0 fully saturated rings. The van der Waals surface area contributed by atoms with Crippen LogP contribution in [-0.4, -0.2) is 18.2 Å². The third-order valence-corrected chi connectivity index (χ3v) is 5.48. The van der Waals surface area contributed by atoms with E-state index >= 15 is 0 Å². The number of benzene rings is 1. The average Bonchev–Trinajstić information content (AvgIpc) is 2.46. The molecule has 0 bridgehead atoms. The Kier molecular flexibility index (Phi) is 5.36. The van der Waals surface area contributed by atoms with Crippen molar-refractivity contribution in [3.63, 3.8) is 0 Å². The fourth-order valence-electron chi connectivity index (χ4n) is 2.04. The van der Waals surface area contributed by atoms with Gasteiger partial charge in [-0.1, -0.05) is 29.8 Å². The normalized spacial score (nSPS) is 13.5. The fourth-order valence-corrected chi connectivity index (χ4v) is 4.04. The highest BCUT2D eigenvalue weighted by Crippen LogP contribution is 2.59. The Morgan fingerprint density at radius 1 is 1.29 bits per heavy atom. The summed E-state index contributed by atoms with van der Waals surface area (Å²) < 4.78 is 23.3. The third kappa shape index (κ3) is 3.44. The van der Waals surface area contributed by atoms with Gasteiger partial charge >= 0.3 is 7.60 Å². The number of aromatic nitrogens is 1. The Balaban J connectivity index is 2.48. The molecule has 21 heavy (non-hydrogen) atoms. The minimum absolute atomic E-state index is 0.209. The largest absolute Gasteiger partial charge is 0.351 e. The second-order valence-corrected chi connectivity index (χ2v) is 6.89. The standard InChI is InChI=1S/C14H18ClN2O3P/c1-3-19-21(18,20-4-2)14(16)11-9-10-7-5-6-8-12(10)17-13(11)15/h5-9,14H,3-4,16H2,1-2H3/t14-/m0/s1. The van der Waals surface area contributed by atoms with E-state index in [-0.39, 0.29) is 18.4 Å². The number of nitrogens with two attached hydrogens (primary N) is 1. The highest BCUT2D eigenvalue weighted by molar-refractivity contribution is 7.54. The Bertz CT molecular complexity index is 670. The van der Waals surface area contributed by atoms with Gasteiger partial charge in [0.2, 0.25) is 0 Å². The minimum atomic E-state index is -3.48. The number of hydrogen-bond donors (Lipinski definition) is 1. The molecule has 114 valence electrons. The lowest BCUT2D eigenvalue weighted by atomic mass is 10.1. The number of rotatable bonds is 6. The number of nitrogens with zero attached hydrogens (tertiary/aromatic N) is 1. The molecule has 0 aliphatic carbocycles. The van der Waals surface area contributed by atoms with Crippen LogP contribution >= 0.6 is 19.2 Å². The molecule has 2 aromatic rings. The van der Waals surface area contributed by atoms with Gasteiger partial charge in [0.25, 0.3) is 0 Å². The van der Waals surface area contributed by atoms with Crippen molar-refractivity contribution in [1.82, 2.24) is 4.98 Å². The first-order valence-corrected chi connectivity index (χ1v) is 8.70. The molecule has 1 aromatic carbocycles. The molecule has 0 saturated carbocycles. The van der Waals surface area contributed by atoms with Crippen molar-refractivity contribution in [3.8, 4) is 0 Å². The summed E-state index contributed by atoms with van der Waals surface area (Å²) in [4.78, 5) is 4.28. The lowest BCUT2D eigenvalue weighted by Gasteiger charge is -2.24. The smallest absolute Gasteiger partial charge is 0.314 e. The summed E-state index contributed by atoms with van der Waals surface area (Å²) in [5.41, 5.74) is 7.31. The van der Waals surface area contributed by atoms with Crippen LogP contribution in [-0.2, 0) is 13.6 Å². The van der Waals surface area contributed by atoms with Crippen LogP contribution in [0.25, 0.3) is 10.9 Å². The predicted molar refractivity (Wildman–Crippen MR) is 84.5 cm³/mol. The van der Waals surface area contributed by atoms with Crippen molar-refractivity contribution in [2.75, 3.05) is 13.2 Å². The molecule has 1 aromatic heterocycles. The van der Waals surface area contributed by atoms with Gasteiger partial charge in [0.05, 0.1) is 18.7 Å². The molecular weight excluding hydrogens is 311 g/mol. The van der Waals surface area contributed by atoms with Crippen LogP contribution < -0.4 is 5.73 Å². The Hall–Kier alpha value is -0.970. The molecule has 0 saturated heterocycles. The number of hydrogen-bond acceptors (Lipinski definition) is 5. The van der Waals surface area contributed by atoms with Gasteiger partial charge in [-0.05, 0) is 26.0 Å². The third-order valence-electron chi connectivity index (χ3n) is 2.98. The average molecular weight is 329 g/mol. The molecule has 5 nitrogen and oxygen atoms in total. The minimum Gasteiger partial charge on any atom is -0.314 e. The van der Waals surface area contributed by atoms with Gasteiger partial charge in [-0.15, -0.1) is 0 Å². The van der Waals surface area contributed by atoms with Crippen LogP contribution in [0.3, 0.4) is 0 Å². The number of halogens is 1. The maximum Gasteiger partial charge on any atom is 0.351 e. The van der Waals surface area contributed by atoms with Crippen LogP contribution in [0.5, 0.6) is 0 Å². The molecule has 0 unspecified atom stereocenters. The van der Waals surface area contributed by atoms with Gasteiger partial charge in [0.15, 0.2) is 0 Å². The number of fused-ring (bicyclic) bond motifs is 1. The van der Waals surface area contributed by atoms with Crippen molar-refractivity contribution in [3.05, 3.63) is 41.0 Å². The van der Waals surface area contributed by atoms with Gasteiger partial charge in [-0.25, -0.2) is 4.98 Å². The Labute approximate surface area is 128 Å². The molecule has 2 rings (SSSR count). The van der Waals surface area contributed by atoms with Crippen LogP contribution in [0.4, 0.5) is 0 Å². The van der Waals surface area contributed by atoms with E-state index in [1.807, 2.05) is 24.3 Å². The van der Waals surface area contributed by atoms with E-state index in [9.17, 15) is 4.57 Å². The van der Waals surface area contributed by atoms with Gasteiger partial charge in [-0.2, -0.15) is 0 Å². The first-order valence-electron chi connectivity index (χ1n) is 6.71. The van der Waals surface area contributed by atoms with E-state index < -0.39 is 13.4 Å². The molecule has 0 spiro atoms. The molecule has 7 heteroatoms. The second-order valence-electron chi connectivity index (χ2n) is 4.38. The highest BCUT2D eigenvalue weighted by atomic mass is 35.5. The zero-order valence-corrected chi connectivity index (χ0v) is 13.6. The summed E-state index contributed by atoms with van der Waals surface area (Å²) in [5.74, 6) is -0.970. The maximum absolute atomic E-state index is 12.7. The molecule has 0 amide bonds. The number of para-hydroxylation sites is 1. The van der Waals surface area contributed by atoms with E-state index in [0.717, 1.165) is 10.9 Å². The maximum atomic E-state index is 12.7. The molecular formula is C14H18ClN2O3P. The van der Waals surface area contributed by atoms with Crippen molar-refractivity contribution in [1.29, 1.82) is 0 Å². The van der Waals surface area contributed by atoms with Crippen LogP contribution in [0, 0.1) is 0 Å². The van der Waals surface area contributed by atoms with Gasteiger partial charge < -0.3 is 14.8 Å². The SMILES string of the molecule is CCOP(=O)(OCC)[C@H](N)c1cc2ccccc2nc1Cl. The Morgan fingerprint density at radius 2 is 1.90 bits per heavy atom. The predicted octanol–water partition coefficient (Wildman–Crippen LogP) is 4.11. The summed E-state index contributed by atoms with van der Waals surface area (Å²) in [7, 11) is -3.48. The van der Waals surface area contributed by atoms with Crippen LogP contribution in [0.15, 0.2) is 30.3 Å². The first-order chi connectivity index (χ1) is 10.0. The van der Waals surface area contributed by atoms with E-state index in [1.54, 1.807) is 19.9 Å². The summed E-state index contributed by atoms with van der Waals surface area (Å²) in [6.45, 7) is 3.95. The van der Waals surface area contributed by atoms with E-state index in [2.05, 4.69) is 4.98 Å². The molecule has 0 radical (unpaired) electrons. The monoisotopic (exact) mass is 328 g/mol. The second kappa shape index (κ2) is 6.86. The summed E-state index contributed by atoms with van der Waals surface area (Å²) >= 11 is 6.18. The number of pyridine rings is 1. The molecule has 0 aliphatic rings. The summed E-state index contributed by atoms with van der Waals surface area (Å²) in [6.07, 6.45) is 0. The summed E-state index contributed by atoms with van der Waals surface area (Å²) in [6, 6.07) is 9.27. The molecule has 0 aliphatic heterocycles. The first kappa shape index (κ1) is 16.4. The lowest BCUT2D eigenvalue weighted by molar-refractivity contribution is 0.212. The zero-order valence-electron chi connectivity index (χ0n) is 12.0. The van der Waals surface area contributed by atoms with E-state index in [4.69, 9.17) is 26.4 Å². The highest BCUT2D eigenvalue weighted by Gasteiger charge is 2.35. The van der Waals surface area contributed by atoms with Gasteiger partial charge in [-0.3, -0.25) is 4.57 Å². The molecule has 2 N–H and O–H groups in total. The topological polar surface area (TPSA) is 74.4 Å². The van der Waals surface area contributed by atoms with E-state index in [1.165, 1.54) is 0 Å². The Morgan fingerprint density at radius 3 is 2.52 bits per heavy atom. The fraction of sp³-hybridized carbons (Fsp3) is 0.357. The van der Waals surface area contributed by atoms with Gasteiger partial charge in [0.1, 0.15) is 10.9 Å². The van der Waals surface area contributed by atoms with Crippen molar-refractivity contribution in [2.24, 2.45) is 5.73 Å². The quantitative estimate of drug-likeness (QED) is 0.638. The van der Waals surface area contributed by atoms with Crippen LogP contribution in [0.1, 0.15) is 25.2 Å².